The quantitative estimate of drug-likeness (QED) is 0.649. The fourth-order valence-corrected chi connectivity index (χ4v) is 0.929. The van der Waals surface area contributed by atoms with Crippen molar-refractivity contribution in [2.75, 3.05) is 6.61 Å². The predicted octanol–water partition coefficient (Wildman–Crippen LogP) is 0.920. The van der Waals surface area contributed by atoms with Crippen LogP contribution in [0.1, 0.15) is 33.6 Å². The smallest absolute Gasteiger partial charge is 0.220 e. The summed E-state index contributed by atoms with van der Waals surface area (Å²) in [6.07, 6.45) is 1.39. The van der Waals surface area contributed by atoms with E-state index >= 15 is 0 Å². The third-order valence-corrected chi connectivity index (χ3v) is 1.82. The molecule has 12 heavy (non-hydrogen) atoms. The number of aliphatic hydroxyl groups is 1. The van der Waals surface area contributed by atoms with E-state index in [0.717, 1.165) is 6.42 Å². The zero-order valence-corrected chi connectivity index (χ0v) is 8.13. The van der Waals surface area contributed by atoms with Crippen molar-refractivity contribution < 1.29 is 9.90 Å². The van der Waals surface area contributed by atoms with E-state index in [2.05, 4.69) is 5.32 Å². The molecule has 0 aromatic heterocycles. The standard InChI is InChI=1S/C9H19NO2/c1-4-5-9(12)10-8(6-11)7(2)3/h7-8,11H,4-6H2,1-3H3,(H,10,12). The van der Waals surface area contributed by atoms with Crippen molar-refractivity contribution in [2.24, 2.45) is 5.92 Å². The molecule has 3 heteroatoms. The molecule has 1 amide bonds. The lowest BCUT2D eigenvalue weighted by Gasteiger charge is -2.19. The first-order chi connectivity index (χ1) is 5.61. The van der Waals surface area contributed by atoms with E-state index in [4.69, 9.17) is 5.11 Å². The van der Waals surface area contributed by atoms with E-state index in [0.29, 0.717) is 6.42 Å². The normalized spacial score (nSPS) is 13.1. The molecule has 0 aliphatic rings. The van der Waals surface area contributed by atoms with E-state index in [9.17, 15) is 4.79 Å². The summed E-state index contributed by atoms with van der Waals surface area (Å²) in [5, 5.41) is 11.7. The number of carbonyl (C=O) groups is 1. The summed E-state index contributed by atoms with van der Waals surface area (Å²) in [4.78, 5) is 11.1. The monoisotopic (exact) mass is 173 g/mol. The van der Waals surface area contributed by atoms with Crippen LogP contribution in [0.25, 0.3) is 0 Å². The molecule has 72 valence electrons. The Hall–Kier alpha value is -0.570. The molecule has 0 fully saturated rings. The van der Waals surface area contributed by atoms with Gasteiger partial charge in [0.15, 0.2) is 0 Å². The number of hydrogen-bond donors (Lipinski definition) is 2. The van der Waals surface area contributed by atoms with Crippen LogP contribution in [-0.4, -0.2) is 23.7 Å². The molecule has 1 unspecified atom stereocenters. The minimum atomic E-state index is -0.0935. The zero-order valence-electron chi connectivity index (χ0n) is 8.13. The molecule has 0 spiro atoms. The molecule has 0 aliphatic carbocycles. The summed E-state index contributed by atoms with van der Waals surface area (Å²) in [5.74, 6) is 0.320. The molecule has 0 heterocycles. The van der Waals surface area contributed by atoms with E-state index in [-0.39, 0.29) is 24.5 Å². The van der Waals surface area contributed by atoms with Gasteiger partial charge in [-0.2, -0.15) is 0 Å². The highest BCUT2D eigenvalue weighted by atomic mass is 16.3. The Bertz CT molecular complexity index is 134. The van der Waals surface area contributed by atoms with Gasteiger partial charge in [-0.15, -0.1) is 0 Å². The first-order valence-corrected chi connectivity index (χ1v) is 4.52. The van der Waals surface area contributed by atoms with Crippen LogP contribution in [-0.2, 0) is 4.79 Å². The van der Waals surface area contributed by atoms with Crippen molar-refractivity contribution in [1.29, 1.82) is 0 Å². The van der Waals surface area contributed by atoms with Crippen LogP contribution in [0.4, 0.5) is 0 Å². The minimum absolute atomic E-state index is 0.0210. The van der Waals surface area contributed by atoms with Gasteiger partial charge in [0.05, 0.1) is 12.6 Å². The van der Waals surface area contributed by atoms with Crippen molar-refractivity contribution >= 4 is 5.91 Å². The lowest BCUT2D eigenvalue weighted by Crippen LogP contribution is -2.40. The van der Waals surface area contributed by atoms with Crippen LogP contribution in [0, 0.1) is 5.92 Å². The fourth-order valence-electron chi connectivity index (χ4n) is 0.929. The first kappa shape index (κ1) is 11.4. The van der Waals surface area contributed by atoms with Gasteiger partial charge in [-0.05, 0) is 12.3 Å². The topological polar surface area (TPSA) is 49.3 Å². The predicted molar refractivity (Wildman–Crippen MR) is 48.8 cm³/mol. The summed E-state index contributed by atoms with van der Waals surface area (Å²) in [6, 6.07) is -0.0935. The van der Waals surface area contributed by atoms with Crippen LogP contribution in [0.15, 0.2) is 0 Å². The second kappa shape index (κ2) is 6.00. The van der Waals surface area contributed by atoms with Crippen LogP contribution < -0.4 is 5.32 Å². The highest BCUT2D eigenvalue weighted by Crippen LogP contribution is 2.00. The Kier molecular flexibility index (Phi) is 5.72. The van der Waals surface area contributed by atoms with E-state index in [1.54, 1.807) is 0 Å². The SMILES string of the molecule is CCCC(=O)NC(CO)C(C)C. The van der Waals surface area contributed by atoms with Crippen molar-refractivity contribution in [2.45, 2.75) is 39.7 Å². The maximum absolute atomic E-state index is 11.1. The summed E-state index contributed by atoms with van der Waals surface area (Å²) in [6.45, 7) is 5.94. The number of aliphatic hydroxyl groups excluding tert-OH is 1. The largest absolute Gasteiger partial charge is 0.394 e. The van der Waals surface area contributed by atoms with Crippen molar-refractivity contribution in [1.82, 2.24) is 5.32 Å². The van der Waals surface area contributed by atoms with E-state index in [1.165, 1.54) is 0 Å². The Morgan fingerprint density at radius 2 is 2.08 bits per heavy atom. The van der Waals surface area contributed by atoms with Crippen LogP contribution in [0.2, 0.25) is 0 Å². The van der Waals surface area contributed by atoms with Gasteiger partial charge >= 0.3 is 0 Å². The van der Waals surface area contributed by atoms with Gasteiger partial charge < -0.3 is 10.4 Å². The molecule has 0 saturated heterocycles. The van der Waals surface area contributed by atoms with Gasteiger partial charge in [0.1, 0.15) is 0 Å². The van der Waals surface area contributed by atoms with Gasteiger partial charge in [-0.3, -0.25) is 4.79 Å². The van der Waals surface area contributed by atoms with Gasteiger partial charge in [0, 0.05) is 6.42 Å². The number of rotatable bonds is 5. The highest BCUT2D eigenvalue weighted by Gasteiger charge is 2.13. The summed E-state index contributed by atoms with van der Waals surface area (Å²) in [5.41, 5.74) is 0. The Labute approximate surface area is 74.2 Å². The molecule has 0 aromatic rings. The lowest BCUT2D eigenvalue weighted by atomic mass is 10.1. The van der Waals surface area contributed by atoms with E-state index in [1.807, 2.05) is 20.8 Å². The summed E-state index contributed by atoms with van der Waals surface area (Å²) >= 11 is 0. The average Bonchev–Trinajstić information content (AvgIpc) is 2.00. The Morgan fingerprint density at radius 1 is 1.50 bits per heavy atom. The Balaban J connectivity index is 3.77. The molecular formula is C9H19NO2. The number of nitrogens with one attached hydrogen (secondary N) is 1. The van der Waals surface area contributed by atoms with Crippen LogP contribution >= 0.6 is 0 Å². The highest BCUT2D eigenvalue weighted by molar-refractivity contribution is 5.76. The van der Waals surface area contributed by atoms with Gasteiger partial charge in [-0.1, -0.05) is 20.8 Å². The van der Waals surface area contributed by atoms with Gasteiger partial charge in [-0.25, -0.2) is 0 Å². The summed E-state index contributed by atoms with van der Waals surface area (Å²) in [7, 11) is 0. The second-order valence-electron chi connectivity index (χ2n) is 3.35. The average molecular weight is 173 g/mol. The molecule has 0 bridgehead atoms. The van der Waals surface area contributed by atoms with Crippen molar-refractivity contribution in [3.63, 3.8) is 0 Å². The molecule has 0 saturated carbocycles. The summed E-state index contributed by atoms with van der Waals surface area (Å²) < 4.78 is 0. The van der Waals surface area contributed by atoms with Crippen molar-refractivity contribution in [3.05, 3.63) is 0 Å². The molecule has 0 radical (unpaired) electrons. The second-order valence-corrected chi connectivity index (χ2v) is 3.35. The molecule has 2 N–H and O–H groups in total. The van der Waals surface area contributed by atoms with E-state index < -0.39 is 0 Å². The van der Waals surface area contributed by atoms with Crippen molar-refractivity contribution in [3.8, 4) is 0 Å². The molecule has 0 rings (SSSR count). The maximum Gasteiger partial charge on any atom is 0.220 e. The van der Waals surface area contributed by atoms with Crippen LogP contribution in [0.3, 0.4) is 0 Å². The molecular weight excluding hydrogens is 154 g/mol. The fraction of sp³-hybridized carbons (Fsp3) is 0.889. The third kappa shape index (κ3) is 4.34. The van der Waals surface area contributed by atoms with Crippen LogP contribution in [0.5, 0.6) is 0 Å². The minimum Gasteiger partial charge on any atom is -0.394 e. The molecule has 0 aliphatic heterocycles. The Morgan fingerprint density at radius 3 is 2.42 bits per heavy atom. The molecule has 3 nitrogen and oxygen atoms in total. The maximum atomic E-state index is 11.1. The van der Waals surface area contributed by atoms with Gasteiger partial charge in [0.25, 0.3) is 0 Å². The number of hydrogen-bond acceptors (Lipinski definition) is 2. The number of carbonyl (C=O) groups excluding carboxylic acids is 1. The number of amides is 1. The zero-order chi connectivity index (χ0) is 9.56. The molecule has 1 atom stereocenters. The first-order valence-electron chi connectivity index (χ1n) is 4.52. The lowest BCUT2D eigenvalue weighted by molar-refractivity contribution is -0.122. The molecule has 0 aromatic carbocycles. The van der Waals surface area contributed by atoms with Gasteiger partial charge in [0.2, 0.25) is 5.91 Å². The third-order valence-electron chi connectivity index (χ3n) is 1.82.